The molecule has 1 spiro atoms. The number of amides is 3. The summed E-state index contributed by atoms with van der Waals surface area (Å²) >= 11 is 0. The molecule has 0 saturated carbocycles. The Morgan fingerprint density at radius 2 is 1.95 bits per heavy atom. The van der Waals surface area contributed by atoms with Crippen LogP contribution in [-0.4, -0.2) is 88.1 Å². The lowest BCUT2D eigenvalue weighted by Crippen LogP contribution is -2.58. The largest absolute Gasteiger partial charge is 0.455 e. The molecule has 240 valence electrons. The molecule has 44 heavy (non-hydrogen) atoms. The SMILES string of the molecule is C=CCCC(=O)N[C@H](C)[C@@H](OC(=O)[C@@H]1[C@@H]2CC[C@]3(O2)[C@H](C(=O)N(CC=C)CCCC)N([C@H](C)CO)C(=O)[C@@H]13)c1ccccc1. The second-order valence-electron chi connectivity index (χ2n) is 12.2. The molecule has 3 saturated heterocycles. The zero-order chi connectivity index (χ0) is 32.0. The van der Waals surface area contributed by atoms with Gasteiger partial charge in [0.2, 0.25) is 17.7 Å². The summed E-state index contributed by atoms with van der Waals surface area (Å²) in [5, 5.41) is 13.1. The summed E-state index contributed by atoms with van der Waals surface area (Å²) in [5.74, 6) is -3.30. The number of allylic oxidation sites excluding steroid dienone is 1. The Morgan fingerprint density at radius 3 is 2.59 bits per heavy atom. The van der Waals surface area contributed by atoms with Crippen LogP contribution in [0.3, 0.4) is 0 Å². The Morgan fingerprint density at radius 1 is 1.23 bits per heavy atom. The van der Waals surface area contributed by atoms with Crippen LogP contribution >= 0.6 is 0 Å². The fourth-order valence-electron chi connectivity index (χ4n) is 7.11. The number of rotatable bonds is 16. The summed E-state index contributed by atoms with van der Waals surface area (Å²) in [6.45, 7) is 13.5. The van der Waals surface area contributed by atoms with E-state index in [1.807, 2.05) is 37.3 Å². The molecule has 8 atom stereocenters. The zero-order valence-corrected chi connectivity index (χ0v) is 26.2. The van der Waals surface area contributed by atoms with Crippen molar-refractivity contribution in [3.63, 3.8) is 0 Å². The molecular weight excluding hydrogens is 562 g/mol. The molecule has 3 aliphatic rings. The smallest absolute Gasteiger partial charge is 0.313 e. The fourth-order valence-corrected chi connectivity index (χ4v) is 7.11. The molecule has 3 heterocycles. The van der Waals surface area contributed by atoms with Crippen molar-refractivity contribution in [2.45, 2.75) is 95.2 Å². The summed E-state index contributed by atoms with van der Waals surface area (Å²) in [4.78, 5) is 58.2. The average molecular weight is 610 g/mol. The number of fused-ring (bicyclic) bond motifs is 1. The quantitative estimate of drug-likeness (QED) is 0.218. The first-order valence-corrected chi connectivity index (χ1v) is 15.8. The van der Waals surface area contributed by atoms with Crippen LogP contribution in [0.2, 0.25) is 0 Å². The minimum absolute atomic E-state index is 0.190. The summed E-state index contributed by atoms with van der Waals surface area (Å²) < 4.78 is 12.7. The van der Waals surface area contributed by atoms with Crippen molar-refractivity contribution in [2.75, 3.05) is 19.7 Å². The van der Waals surface area contributed by atoms with E-state index in [9.17, 15) is 24.3 Å². The topological polar surface area (TPSA) is 125 Å². The summed E-state index contributed by atoms with van der Waals surface area (Å²) in [6, 6.07) is 6.97. The second kappa shape index (κ2) is 14.5. The Bertz CT molecular complexity index is 1220. The lowest BCUT2D eigenvalue weighted by molar-refractivity contribution is -0.162. The Hall–Kier alpha value is -3.50. The van der Waals surface area contributed by atoms with Gasteiger partial charge in [0, 0.05) is 19.5 Å². The van der Waals surface area contributed by atoms with E-state index in [2.05, 4.69) is 18.5 Å². The van der Waals surface area contributed by atoms with Gasteiger partial charge in [0.15, 0.2) is 0 Å². The lowest BCUT2D eigenvalue weighted by atomic mass is 9.70. The van der Waals surface area contributed by atoms with Gasteiger partial charge in [-0.25, -0.2) is 0 Å². The lowest BCUT2D eigenvalue weighted by Gasteiger charge is -2.38. The number of carbonyl (C=O) groups excluding carboxylic acids is 4. The summed E-state index contributed by atoms with van der Waals surface area (Å²) in [5.41, 5.74) is -0.502. The molecule has 10 heteroatoms. The first-order valence-electron chi connectivity index (χ1n) is 15.8. The second-order valence-corrected chi connectivity index (χ2v) is 12.2. The van der Waals surface area contributed by atoms with Gasteiger partial charge in [-0.2, -0.15) is 0 Å². The number of ether oxygens (including phenoxy) is 2. The molecule has 2 N–H and O–H groups in total. The monoisotopic (exact) mass is 609 g/mol. The maximum absolute atomic E-state index is 14.2. The Kier molecular flexibility index (Phi) is 11.0. The van der Waals surface area contributed by atoms with Crippen molar-refractivity contribution in [3.05, 3.63) is 61.2 Å². The standard InChI is InChI=1S/C34H47N3O7/c1-6-9-16-26(39)35-23(5)29(24-14-12-11-13-15-24)43-33(42)27-25-17-18-34(44-25)28(27)31(40)37(22(4)21-38)30(34)32(41)36(19-8-3)20-10-7-2/h6,8,11-15,22-23,25,27-30,38H,1,3,7,9-10,16-21H2,2,4-5H3,(H,35,39)/t22-,23-,25+,27-,28-,29-,30+,34-/m1/s1. The third kappa shape index (κ3) is 6.33. The summed E-state index contributed by atoms with van der Waals surface area (Å²) in [6.07, 6.45) is 5.32. The molecule has 3 fully saturated rings. The molecule has 2 bridgehead atoms. The minimum atomic E-state index is -1.20. The molecule has 0 radical (unpaired) electrons. The van der Waals surface area contributed by atoms with Crippen molar-refractivity contribution >= 4 is 23.7 Å². The third-order valence-electron chi connectivity index (χ3n) is 9.22. The number of hydrogen-bond donors (Lipinski definition) is 2. The molecular formula is C34H47N3O7. The van der Waals surface area contributed by atoms with Gasteiger partial charge >= 0.3 is 5.97 Å². The molecule has 10 nitrogen and oxygen atoms in total. The molecule has 0 aliphatic carbocycles. The van der Waals surface area contributed by atoms with E-state index in [4.69, 9.17) is 9.47 Å². The number of nitrogens with zero attached hydrogens (tertiary/aromatic N) is 2. The third-order valence-corrected chi connectivity index (χ3v) is 9.22. The molecule has 1 aromatic carbocycles. The Balaban J connectivity index is 1.65. The predicted molar refractivity (Wildman–Crippen MR) is 165 cm³/mol. The van der Waals surface area contributed by atoms with Crippen molar-refractivity contribution < 1.29 is 33.8 Å². The predicted octanol–water partition coefficient (Wildman–Crippen LogP) is 3.31. The average Bonchev–Trinajstić information content (AvgIpc) is 3.67. The number of carbonyl (C=O) groups is 4. The molecule has 0 aromatic heterocycles. The highest BCUT2D eigenvalue weighted by Gasteiger charge is 2.75. The van der Waals surface area contributed by atoms with Crippen LogP contribution in [0.15, 0.2) is 55.6 Å². The molecule has 3 amide bonds. The normalized spacial score (nSPS) is 27.3. The van der Waals surface area contributed by atoms with Crippen LogP contribution < -0.4 is 5.32 Å². The first-order chi connectivity index (χ1) is 21.1. The van der Waals surface area contributed by atoms with Gasteiger partial charge in [-0.05, 0) is 45.1 Å². The number of esters is 1. The van der Waals surface area contributed by atoms with Crippen molar-refractivity contribution in [1.29, 1.82) is 0 Å². The van der Waals surface area contributed by atoms with Crippen LogP contribution in [0.4, 0.5) is 0 Å². The van der Waals surface area contributed by atoms with E-state index >= 15 is 0 Å². The number of nitrogens with one attached hydrogen (secondary N) is 1. The van der Waals surface area contributed by atoms with Gasteiger partial charge in [0.25, 0.3) is 0 Å². The van der Waals surface area contributed by atoms with E-state index in [1.54, 1.807) is 30.9 Å². The number of unbranched alkanes of at least 4 members (excludes halogenated alkanes) is 1. The highest BCUT2D eigenvalue weighted by molar-refractivity contribution is 5.98. The van der Waals surface area contributed by atoms with Gasteiger partial charge in [-0.1, -0.05) is 55.8 Å². The van der Waals surface area contributed by atoms with Gasteiger partial charge in [-0.15, -0.1) is 13.2 Å². The van der Waals surface area contributed by atoms with E-state index in [0.717, 1.165) is 12.8 Å². The van der Waals surface area contributed by atoms with Crippen LogP contribution in [0, 0.1) is 11.8 Å². The zero-order valence-electron chi connectivity index (χ0n) is 26.2. The highest BCUT2D eigenvalue weighted by Crippen LogP contribution is 2.59. The van der Waals surface area contributed by atoms with Crippen molar-refractivity contribution in [1.82, 2.24) is 15.1 Å². The van der Waals surface area contributed by atoms with Gasteiger partial charge < -0.3 is 29.7 Å². The Labute approximate surface area is 260 Å². The number of hydrogen-bond acceptors (Lipinski definition) is 7. The number of aliphatic hydroxyl groups is 1. The van der Waals surface area contributed by atoms with Gasteiger partial charge in [0.05, 0.1) is 36.6 Å². The van der Waals surface area contributed by atoms with E-state index in [1.165, 1.54) is 4.90 Å². The van der Waals surface area contributed by atoms with Crippen LogP contribution in [0.1, 0.15) is 71.0 Å². The van der Waals surface area contributed by atoms with Crippen LogP contribution in [0.5, 0.6) is 0 Å². The van der Waals surface area contributed by atoms with E-state index in [0.29, 0.717) is 37.9 Å². The molecule has 0 unspecified atom stereocenters. The first kappa shape index (κ1) is 33.4. The fraction of sp³-hybridized carbons (Fsp3) is 0.588. The highest BCUT2D eigenvalue weighted by atomic mass is 16.6. The minimum Gasteiger partial charge on any atom is -0.455 e. The number of likely N-dealkylation sites (tertiary alicyclic amines) is 1. The summed E-state index contributed by atoms with van der Waals surface area (Å²) in [7, 11) is 0. The number of aliphatic hydroxyl groups excluding tert-OH is 1. The maximum atomic E-state index is 14.2. The van der Waals surface area contributed by atoms with Gasteiger partial charge in [-0.3, -0.25) is 19.2 Å². The van der Waals surface area contributed by atoms with Gasteiger partial charge in [0.1, 0.15) is 17.7 Å². The van der Waals surface area contributed by atoms with E-state index < -0.39 is 53.7 Å². The maximum Gasteiger partial charge on any atom is 0.313 e. The molecule has 4 rings (SSSR count). The number of benzene rings is 1. The van der Waals surface area contributed by atoms with E-state index in [-0.39, 0.29) is 30.7 Å². The molecule has 3 aliphatic heterocycles. The van der Waals surface area contributed by atoms with Crippen LogP contribution in [0.25, 0.3) is 0 Å². The van der Waals surface area contributed by atoms with Crippen molar-refractivity contribution in [3.8, 4) is 0 Å². The molecule has 1 aromatic rings. The van der Waals surface area contributed by atoms with Crippen molar-refractivity contribution in [2.24, 2.45) is 11.8 Å². The van der Waals surface area contributed by atoms with Crippen LogP contribution in [-0.2, 0) is 28.7 Å².